The molecule has 2 rings (SSSR count). The van der Waals surface area contributed by atoms with Gasteiger partial charge in [-0.3, -0.25) is 14.6 Å². The number of nitrogens with zero attached hydrogens (tertiary/aromatic N) is 2. The molecule has 1 heterocycles. The van der Waals surface area contributed by atoms with Crippen LogP contribution in [-0.4, -0.2) is 21.7 Å². The molecule has 0 bridgehead atoms. The van der Waals surface area contributed by atoms with E-state index in [1.165, 1.54) is 30.6 Å². The van der Waals surface area contributed by atoms with Crippen molar-refractivity contribution < 1.29 is 14.7 Å². The van der Waals surface area contributed by atoms with Crippen molar-refractivity contribution in [2.75, 3.05) is 0 Å². The quantitative estimate of drug-likeness (QED) is 0.691. The van der Waals surface area contributed by atoms with E-state index in [2.05, 4.69) is 4.98 Å². The highest BCUT2D eigenvalue weighted by atomic mass is 16.3. The highest BCUT2D eigenvalue weighted by molar-refractivity contribution is 6.14. The standard InChI is InChI=1S/C17H14N2O3/c1-10-7-13(17(22)14(9-18)11(10)2)16(21)8-15(20)12-3-5-19-6-4-12/h3-7,22H,8H2,1-2H3. The van der Waals surface area contributed by atoms with Crippen molar-refractivity contribution in [2.24, 2.45) is 0 Å². The summed E-state index contributed by atoms with van der Waals surface area (Å²) in [7, 11) is 0. The Kier molecular flexibility index (Phi) is 4.33. The summed E-state index contributed by atoms with van der Waals surface area (Å²) < 4.78 is 0. The number of aromatic nitrogens is 1. The van der Waals surface area contributed by atoms with E-state index in [0.717, 1.165) is 0 Å². The Bertz CT molecular complexity index is 790. The number of hydrogen-bond acceptors (Lipinski definition) is 5. The average molecular weight is 294 g/mol. The molecule has 0 saturated heterocycles. The smallest absolute Gasteiger partial charge is 0.174 e. The minimum atomic E-state index is -0.515. The van der Waals surface area contributed by atoms with Crippen molar-refractivity contribution >= 4 is 11.6 Å². The highest BCUT2D eigenvalue weighted by Gasteiger charge is 2.21. The predicted octanol–water partition coefficient (Wildman–Crippen LogP) is 2.73. The third kappa shape index (κ3) is 2.86. The van der Waals surface area contributed by atoms with E-state index >= 15 is 0 Å². The molecule has 1 aromatic heterocycles. The highest BCUT2D eigenvalue weighted by Crippen LogP contribution is 2.29. The number of nitriles is 1. The first-order valence-electron chi connectivity index (χ1n) is 6.65. The lowest BCUT2D eigenvalue weighted by atomic mass is 9.94. The van der Waals surface area contributed by atoms with Gasteiger partial charge in [0, 0.05) is 18.0 Å². The van der Waals surface area contributed by atoms with Crippen molar-refractivity contribution in [2.45, 2.75) is 20.3 Å². The average Bonchev–Trinajstić information content (AvgIpc) is 2.52. The summed E-state index contributed by atoms with van der Waals surface area (Å²) in [6, 6.07) is 6.45. The molecular formula is C17H14N2O3. The predicted molar refractivity (Wildman–Crippen MR) is 79.8 cm³/mol. The summed E-state index contributed by atoms with van der Waals surface area (Å²) in [5.41, 5.74) is 1.79. The van der Waals surface area contributed by atoms with Gasteiger partial charge in [-0.15, -0.1) is 0 Å². The van der Waals surface area contributed by atoms with Crippen LogP contribution in [0.1, 0.15) is 43.8 Å². The van der Waals surface area contributed by atoms with Crippen LogP contribution in [0.4, 0.5) is 0 Å². The number of aryl methyl sites for hydroxylation is 1. The second-order valence-electron chi connectivity index (χ2n) is 4.96. The molecule has 0 saturated carbocycles. The number of benzene rings is 1. The topological polar surface area (TPSA) is 91.1 Å². The van der Waals surface area contributed by atoms with Crippen LogP contribution < -0.4 is 0 Å². The molecular weight excluding hydrogens is 280 g/mol. The fraction of sp³-hybridized carbons (Fsp3) is 0.176. The van der Waals surface area contributed by atoms with E-state index < -0.39 is 5.78 Å². The molecule has 0 spiro atoms. The first-order chi connectivity index (χ1) is 10.5. The van der Waals surface area contributed by atoms with Crippen LogP contribution in [0.15, 0.2) is 30.6 Å². The SMILES string of the molecule is Cc1cc(C(=O)CC(=O)c2ccncc2)c(O)c(C#N)c1C. The number of ketones is 2. The third-order valence-electron chi connectivity index (χ3n) is 3.55. The largest absolute Gasteiger partial charge is 0.506 e. The second kappa shape index (κ2) is 6.19. The molecule has 0 radical (unpaired) electrons. The first kappa shape index (κ1) is 15.4. The zero-order valence-electron chi connectivity index (χ0n) is 12.3. The maximum atomic E-state index is 12.3. The molecule has 0 aliphatic rings. The zero-order chi connectivity index (χ0) is 16.3. The Morgan fingerprint density at radius 2 is 1.86 bits per heavy atom. The minimum absolute atomic E-state index is 0.00190. The van der Waals surface area contributed by atoms with E-state index in [0.29, 0.717) is 16.7 Å². The van der Waals surface area contributed by atoms with Crippen molar-refractivity contribution in [3.05, 3.63) is 58.4 Å². The lowest BCUT2D eigenvalue weighted by molar-refractivity contribution is 0.0893. The molecule has 1 N–H and O–H groups in total. The number of aromatic hydroxyl groups is 1. The molecule has 0 unspecified atom stereocenters. The molecule has 0 aliphatic carbocycles. The fourth-order valence-electron chi connectivity index (χ4n) is 2.13. The van der Waals surface area contributed by atoms with Crippen LogP contribution in [0.5, 0.6) is 5.75 Å². The molecule has 0 atom stereocenters. The Morgan fingerprint density at radius 1 is 1.23 bits per heavy atom. The van der Waals surface area contributed by atoms with Gasteiger partial charge in [0.15, 0.2) is 11.6 Å². The Morgan fingerprint density at radius 3 is 2.45 bits per heavy atom. The van der Waals surface area contributed by atoms with E-state index in [1.54, 1.807) is 13.8 Å². The van der Waals surface area contributed by atoms with Crippen molar-refractivity contribution in [3.8, 4) is 11.8 Å². The van der Waals surface area contributed by atoms with Gasteiger partial charge in [0.2, 0.25) is 0 Å². The Labute approximate surface area is 127 Å². The molecule has 22 heavy (non-hydrogen) atoms. The van der Waals surface area contributed by atoms with Crippen LogP contribution in [0, 0.1) is 25.2 Å². The molecule has 1 aromatic carbocycles. The number of rotatable bonds is 4. The molecule has 0 aliphatic heterocycles. The first-order valence-corrected chi connectivity index (χ1v) is 6.65. The molecule has 2 aromatic rings. The second-order valence-corrected chi connectivity index (χ2v) is 4.96. The van der Waals surface area contributed by atoms with E-state index in [4.69, 9.17) is 5.26 Å². The maximum absolute atomic E-state index is 12.3. The Balaban J connectivity index is 2.33. The summed E-state index contributed by atoms with van der Waals surface area (Å²) in [6.45, 7) is 3.45. The zero-order valence-corrected chi connectivity index (χ0v) is 12.3. The van der Waals surface area contributed by atoms with Crippen LogP contribution in [0.3, 0.4) is 0 Å². The molecule has 5 nitrogen and oxygen atoms in total. The summed E-state index contributed by atoms with van der Waals surface area (Å²) >= 11 is 0. The van der Waals surface area contributed by atoms with Gasteiger partial charge < -0.3 is 5.11 Å². The minimum Gasteiger partial charge on any atom is -0.506 e. The van der Waals surface area contributed by atoms with Gasteiger partial charge in [0.1, 0.15) is 11.8 Å². The van der Waals surface area contributed by atoms with Crippen LogP contribution in [0.2, 0.25) is 0 Å². The number of pyridine rings is 1. The molecule has 0 fully saturated rings. The van der Waals surface area contributed by atoms with Crippen LogP contribution >= 0.6 is 0 Å². The normalized spacial score (nSPS) is 10.0. The number of Topliss-reactive ketones (excluding diaryl/α,β-unsaturated/α-hetero) is 2. The summed E-state index contributed by atoms with van der Waals surface area (Å²) in [5.74, 6) is -1.24. The lowest BCUT2D eigenvalue weighted by Gasteiger charge is -2.10. The van der Waals surface area contributed by atoms with Crippen LogP contribution in [0.25, 0.3) is 0 Å². The van der Waals surface area contributed by atoms with Gasteiger partial charge in [0.05, 0.1) is 17.5 Å². The van der Waals surface area contributed by atoms with Crippen molar-refractivity contribution in [3.63, 3.8) is 0 Å². The molecule has 0 amide bonds. The Hall–Kier alpha value is -3.00. The number of phenolic OH excluding ortho intramolecular Hbond substituents is 1. The van der Waals surface area contributed by atoms with Gasteiger partial charge in [-0.25, -0.2) is 0 Å². The van der Waals surface area contributed by atoms with E-state index in [-0.39, 0.29) is 29.1 Å². The van der Waals surface area contributed by atoms with Crippen molar-refractivity contribution in [1.29, 1.82) is 5.26 Å². The summed E-state index contributed by atoms with van der Waals surface area (Å²) in [4.78, 5) is 28.1. The number of hydrogen-bond donors (Lipinski definition) is 1. The third-order valence-corrected chi connectivity index (χ3v) is 3.55. The van der Waals surface area contributed by atoms with Gasteiger partial charge in [-0.05, 0) is 43.2 Å². The monoisotopic (exact) mass is 294 g/mol. The molecule has 5 heteroatoms. The van der Waals surface area contributed by atoms with Gasteiger partial charge in [-0.2, -0.15) is 5.26 Å². The number of phenols is 1. The maximum Gasteiger partial charge on any atom is 0.174 e. The summed E-state index contributed by atoms with van der Waals surface area (Å²) in [6.07, 6.45) is 2.57. The number of carbonyl (C=O) groups excluding carboxylic acids is 2. The van der Waals surface area contributed by atoms with E-state index in [9.17, 15) is 14.7 Å². The van der Waals surface area contributed by atoms with Gasteiger partial charge in [0.25, 0.3) is 0 Å². The van der Waals surface area contributed by atoms with Crippen molar-refractivity contribution in [1.82, 2.24) is 4.98 Å². The van der Waals surface area contributed by atoms with Gasteiger partial charge >= 0.3 is 0 Å². The fourth-order valence-corrected chi connectivity index (χ4v) is 2.13. The lowest BCUT2D eigenvalue weighted by Crippen LogP contribution is -2.10. The van der Waals surface area contributed by atoms with Crippen LogP contribution in [-0.2, 0) is 0 Å². The molecule has 110 valence electrons. The van der Waals surface area contributed by atoms with Gasteiger partial charge in [-0.1, -0.05) is 0 Å². The van der Waals surface area contributed by atoms with E-state index in [1.807, 2.05) is 6.07 Å². The summed E-state index contributed by atoms with van der Waals surface area (Å²) in [5, 5.41) is 19.2. The number of carbonyl (C=O) groups is 2.